The fraction of sp³-hybridized carbons (Fsp3) is 0.636. The number of aromatic hydroxyl groups is 1. The van der Waals surface area contributed by atoms with Crippen LogP contribution in [0.4, 0.5) is 0 Å². The molecule has 7 atom stereocenters. The van der Waals surface area contributed by atoms with E-state index in [-0.39, 0.29) is 28.6 Å². The molecule has 5 heteroatoms. The second-order valence-electron chi connectivity index (χ2n) is 9.35. The summed E-state index contributed by atoms with van der Waals surface area (Å²) in [5.41, 5.74) is 1.55. The number of benzene rings is 1. The lowest BCUT2D eigenvalue weighted by Gasteiger charge is -2.71. The summed E-state index contributed by atoms with van der Waals surface area (Å²) in [6, 6.07) is 4.22. The fourth-order valence-electron chi connectivity index (χ4n) is 7.66. The molecule has 2 aliphatic heterocycles. The van der Waals surface area contributed by atoms with E-state index in [0.29, 0.717) is 11.8 Å². The minimum atomic E-state index is -0.670. The van der Waals surface area contributed by atoms with Crippen molar-refractivity contribution < 1.29 is 19.7 Å². The highest BCUT2D eigenvalue weighted by Gasteiger charge is 2.79. The Kier molecular flexibility index (Phi) is 2.86. The van der Waals surface area contributed by atoms with Crippen LogP contribution >= 0.6 is 0 Å². The van der Waals surface area contributed by atoms with Gasteiger partial charge in [0.1, 0.15) is 11.7 Å². The first-order valence-corrected chi connectivity index (χ1v) is 10.1. The van der Waals surface area contributed by atoms with Gasteiger partial charge in [0.15, 0.2) is 11.5 Å². The minimum absolute atomic E-state index is 0.0300. The molecule has 1 saturated carbocycles. The summed E-state index contributed by atoms with van der Waals surface area (Å²) in [5.74, 6) is 0.850. The molecule has 2 fully saturated rings. The van der Waals surface area contributed by atoms with Crippen molar-refractivity contribution in [2.24, 2.45) is 11.3 Å². The smallest absolute Gasteiger partial charge is 0.165 e. The Morgan fingerprint density at radius 1 is 1.33 bits per heavy atom. The van der Waals surface area contributed by atoms with Crippen molar-refractivity contribution in [2.75, 3.05) is 20.7 Å². The van der Waals surface area contributed by atoms with Crippen LogP contribution in [0.15, 0.2) is 24.3 Å². The second-order valence-corrected chi connectivity index (χ2v) is 9.35. The maximum Gasteiger partial charge on any atom is 0.165 e. The number of nitrogens with zero attached hydrogens (tertiary/aromatic N) is 1. The number of likely N-dealkylation sites (N-methyl/N-ethyl adjacent to an activating group) is 1. The topological polar surface area (TPSA) is 62.2 Å². The molecule has 6 aliphatic rings. The third-order valence-corrected chi connectivity index (χ3v) is 8.71. The summed E-state index contributed by atoms with van der Waals surface area (Å²) < 4.78 is 12.8. The number of phenols is 1. The van der Waals surface area contributed by atoms with Crippen LogP contribution in [-0.4, -0.2) is 59.7 Å². The van der Waals surface area contributed by atoms with E-state index in [1.165, 1.54) is 11.1 Å². The van der Waals surface area contributed by atoms with Crippen molar-refractivity contribution >= 4 is 0 Å². The Morgan fingerprint density at radius 2 is 2.15 bits per heavy atom. The quantitative estimate of drug-likeness (QED) is 0.781. The molecule has 4 bridgehead atoms. The molecule has 2 heterocycles. The average molecular weight is 369 g/mol. The summed E-state index contributed by atoms with van der Waals surface area (Å²) in [4.78, 5) is 2.49. The average Bonchev–Trinajstić information content (AvgIpc) is 3.03. The first-order chi connectivity index (χ1) is 12.9. The van der Waals surface area contributed by atoms with Gasteiger partial charge < -0.3 is 24.6 Å². The van der Waals surface area contributed by atoms with Crippen molar-refractivity contribution in [3.8, 4) is 11.5 Å². The maximum atomic E-state index is 10.7. The first kappa shape index (κ1) is 16.4. The zero-order valence-corrected chi connectivity index (χ0v) is 16.1. The summed E-state index contributed by atoms with van der Waals surface area (Å²) in [6.07, 6.45) is 6.68. The number of fused-ring (bicyclic) bond motifs is 1. The Morgan fingerprint density at radius 3 is 2.89 bits per heavy atom. The van der Waals surface area contributed by atoms with Gasteiger partial charge >= 0.3 is 0 Å². The molecule has 5 nitrogen and oxygen atoms in total. The summed E-state index contributed by atoms with van der Waals surface area (Å²) in [5, 5.41) is 21.3. The Bertz CT molecular complexity index is 881. The van der Waals surface area contributed by atoms with Crippen molar-refractivity contribution in [3.05, 3.63) is 35.4 Å². The molecule has 4 aliphatic carbocycles. The summed E-state index contributed by atoms with van der Waals surface area (Å²) in [6.45, 7) is 2.88. The lowest BCUT2D eigenvalue weighted by Crippen LogP contribution is -2.79. The van der Waals surface area contributed by atoms with Crippen molar-refractivity contribution in [1.29, 1.82) is 0 Å². The van der Waals surface area contributed by atoms with Gasteiger partial charge in [0.2, 0.25) is 0 Å². The van der Waals surface area contributed by atoms with Gasteiger partial charge in [-0.15, -0.1) is 0 Å². The molecule has 1 saturated heterocycles. The second kappa shape index (κ2) is 4.70. The van der Waals surface area contributed by atoms with E-state index in [2.05, 4.69) is 30.2 Å². The summed E-state index contributed by atoms with van der Waals surface area (Å²) in [7, 11) is 3.96. The molecule has 0 aromatic heterocycles. The lowest BCUT2D eigenvalue weighted by molar-refractivity contribution is -0.228. The molecular formula is C22H27NO4. The van der Waals surface area contributed by atoms with E-state index in [9.17, 15) is 10.2 Å². The number of ether oxygens (including phenoxy) is 2. The summed E-state index contributed by atoms with van der Waals surface area (Å²) >= 11 is 0. The molecule has 2 N–H and O–H groups in total. The molecule has 27 heavy (non-hydrogen) atoms. The number of methoxy groups -OCH3 is 1. The SMILES string of the molecule is COC12C=CC3(CC1C(C)O)C1Cc4ccc(O)c5c4[C@@]3(CCN1C)C2O5. The Balaban J connectivity index is 1.72. The number of hydrogen-bond donors (Lipinski definition) is 2. The zero-order valence-electron chi connectivity index (χ0n) is 16.1. The van der Waals surface area contributed by atoms with E-state index in [4.69, 9.17) is 9.47 Å². The highest BCUT2D eigenvalue weighted by Crippen LogP contribution is 2.74. The third-order valence-electron chi connectivity index (χ3n) is 8.71. The van der Waals surface area contributed by atoms with Crippen LogP contribution in [0.3, 0.4) is 0 Å². The standard InChI is InChI=1S/C22H27NO4/c1-12(24)14-11-20-6-7-22(14,26-3)19-21(20)8-9-23(2)16(20)10-13-4-5-15(25)18(27-19)17(13)21/h4-7,12,14,16,19,24-25H,8-11H2,1-3H3/t12?,14?,16?,19?,20?,21-,22?/m0/s1. The van der Waals surface area contributed by atoms with Crippen LogP contribution in [0.1, 0.15) is 30.9 Å². The molecule has 6 unspecified atom stereocenters. The number of phenolic OH excluding ortho intramolecular Hbond substituents is 1. The molecule has 2 spiro atoms. The minimum Gasteiger partial charge on any atom is -0.504 e. The van der Waals surface area contributed by atoms with Crippen LogP contribution in [0.5, 0.6) is 11.5 Å². The maximum absolute atomic E-state index is 10.7. The number of rotatable bonds is 2. The van der Waals surface area contributed by atoms with Gasteiger partial charge in [-0.2, -0.15) is 0 Å². The highest BCUT2D eigenvalue weighted by molar-refractivity contribution is 5.65. The van der Waals surface area contributed by atoms with Crippen LogP contribution in [0.25, 0.3) is 0 Å². The number of aliphatic hydroxyl groups is 1. The van der Waals surface area contributed by atoms with Crippen molar-refractivity contribution in [3.63, 3.8) is 0 Å². The predicted octanol–water partition coefficient (Wildman–Crippen LogP) is 1.99. The molecule has 7 rings (SSSR count). The van der Waals surface area contributed by atoms with Crippen molar-refractivity contribution in [1.82, 2.24) is 4.90 Å². The van der Waals surface area contributed by atoms with Crippen LogP contribution in [0.2, 0.25) is 0 Å². The van der Waals surface area contributed by atoms with Gasteiger partial charge in [-0.3, -0.25) is 0 Å². The van der Waals surface area contributed by atoms with Gasteiger partial charge in [-0.1, -0.05) is 18.2 Å². The highest BCUT2D eigenvalue weighted by atomic mass is 16.6. The number of piperidine rings is 1. The van der Waals surface area contributed by atoms with Gasteiger partial charge in [-0.05, 0) is 51.4 Å². The van der Waals surface area contributed by atoms with E-state index in [1.54, 1.807) is 13.2 Å². The number of hydrogen-bond acceptors (Lipinski definition) is 5. The number of likely N-dealkylation sites (tertiary alicyclic amines) is 1. The van der Waals surface area contributed by atoms with Crippen LogP contribution < -0.4 is 4.74 Å². The molecule has 1 aromatic rings. The van der Waals surface area contributed by atoms with E-state index in [1.807, 2.05) is 6.92 Å². The Labute approximate surface area is 159 Å². The van der Waals surface area contributed by atoms with Crippen molar-refractivity contribution in [2.45, 2.75) is 55.5 Å². The molecule has 0 amide bonds. The van der Waals surface area contributed by atoms with Gasteiger partial charge in [0.25, 0.3) is 0 Å². The van der Waals surface area contributed by atoms with E-state index in [0.717, 1.165) is 25.8 Å². The molecule has 144 valence electrons. The van der Waals surface area contributed by atoms with Gasteiger partial charge in [0, 0.05) is 30.0 Å². The van der Waals surface area contributed by atoms with E-state index < -0.39 is 11.7 Å². The molecule has 1 aromatic carbocycles. The first-order valence-electron chi connectivity index (χ1n) is 10.1. The largest absolute Gasteiger partial charge is 0.504 e. The zero-order chi connectivity index (χ0) is 18.8. The van der Waals surface area contributed by atoms with Gasteiger partial charge in [-0.25, -0.2) is 0 Å². The van der Waals surface area contributed by atoms with Crippen LogP contribution in [0, 0.1) is 11.3 Å². The van der Waals surface area contributed by atoms with Gasteiger partial charge in [0.05, 0.1) is 11.5 Å². The lowest BCUT2D eigenvalue weighted by atomic mass is 9.37. The van der Waals surface area contributed by atoms with Crippen LogP contribution in [-0.2, 0) is 16.6 Å². The Hall–Kier alpha value is -1.56. The van der Waals surface area contributed by atoms with E-state index >= 15 is 0 Å². The molecule has 0 radical (unpaired) electrons. The monoisotopic (exact) mass is 369 g/mol. The predicted molar refractivity (Wildman–Crippen MR) is 100 cm³/mol. The normalized spacial score (nSPS) is 46.9. The third kappa shape index (κ3) is 1.47. The fourth-order valence-corrected chi connectivity index (χ4v) is 7.66. The number of aliphatic hydroxyl groups excluding tert-OH is 1. The molecular weight excluding hydrogens is 342 g/mol.